The minimum Gasteiger partial charge on any atom is -0.319 e. The molecule has 0 spiro atoms. The number of nitrogens with zero attached hydrogens (tertiary/aromatic N) is 2. The highest BCUT2D eigenvalue weighted by atomic mass is 79.9. The zero-order valence-electron chi connectivity index (χ0n) is 9.61. The lowest BCUT2D eigenvalue weighted by Gasteiger charge is -2.13. The van der Waals surface area contributed by atoms with E-state index in [2.05, 4.69) is 21.0 Å². The lowest BCUT2D eigenvalue weighted by atomic mass is 10.0. The molecule has 90 valence electrons. The van der Waals surface area contributed by atoms with E-state index in [1.807, 2.05) is 13.0 Å². The standard InChI is InChI=1S/C12H13BrFN3/c1-7-6-10(17(2)16-7)12(15)8-4-3-5-9(13)11(8)14/h3-6,12H,15H2,1-2H3. The molecule has 1 aromatic heterocycles. The molecular formula is C12H13BrFN3. The van der Waals surface area contributed by atoms with Gasteiger partial charge >= 0.3 is 0 Å². The zero-order chi connectivity index (χ0) is 12.6. The van der Waals surface area contributed by atoms with Crippen LogP contribution in [0.5, 0.6) is 0 Å². The molecule has 2 aromatic rings. The summed E-state index contributed by atoms with van der Waals surface area (Å²) in [5, 5.41) is 4.21. The Balaban J connectivity index is 2.47. The summed E-state index contributed by atoms with van der Waals surface area (Å²) in [4.78, 5) is 0. The van der Waals surface area contributed by atoms with Gasteiger partial charge in [0.2, 0.25) is 0 Å². The average Bonchev–Trinajstić information content (AvgIpc) is 2.61. The summed E-state index contributed by atoms with van der Waals surface area (Å²) in [6.07, 6.45) is 0. The topological polar surface area (TPSA) is 43.8 Å². The van der Waals surface area contributed by atoms with Crippen molar-refractivity contribution in [3.63, 3.8) is 0 Å². The lowest BCUT2D eigenvalue weighted by Crippen LogP contribution is -2.17. The van der Waals surface area contributed by atoms with Crippen molar-refractivity contribution in [1.82, 2.24) is 9.78 Å². The Morgan fingerprint density at radius 2 is 2.18 bits per heavy atom. The van der Waals surface area contributed by atoms with Gasteiger partial charge in [-0.1, -0.05) is 12.1 Å². The van der Waals surface area contributed by atoms with Gasteiger partial charge in [-0.3, -0.25) is 4.68 Å². The van der Waals surface area contributed by atoms with Crippen LogP contribution in [-0.4, -0.2) is 9.78 Å². The van der Waals surface area contributed by atoms with Crippen molar-refractivity contribution in [1.29, 1.82) is 0 Å². The fraction of sp³-hybridized carbons (Fsp3) is 0.250. The molecule has 2 rings (SSSR count). The first-order valence-corrected chi connectivity index (χ1v) is 6.00. The third-order valence-corrected chi connectivity index (χ3v) is 3.29. The second kappa shape index (κ2) is 4.58. The molecule has 2 N–H and O–H groups in total. The molecule has 0 bridgehead atoms. The molecule has 0 saturated heterocycles. The molecule has 1 atom stereocenters. The Morgan fingerprint density at radius 1 is 1.47 bits per heavy atom. The summed E-state index contributed by atoms with van der Waals surface area (Å²) >= 11 is 3.16. The maximum atomic E-state index is 13.9. The average molecular weight is 298 g/mol. The van der Waals surface area contributed by atoms with E-state index in [9.17, 15) is 4.39 Å². The van der Waals surface area contributed by atoms with E-state index in [0.717, 1.165) is 11.4 Å². The predicted octanol–water partition coefficient (Wildman–Crippen LogP) is 2.68. The highest BCUT2D eigenvalue weighted by Gasteiger charge is 2.18. The van der Waals surface area contributed by atoms with Gasteiger partial charge in [0, 0.05) is 12.6 Å². The quantitative estimate of drug-likeness (QED) is 0.926. The minimum absolute atomic E-state index is 0.321. The third-order valence-electron chi connectivity index (χ3n) is 2.67. The Labute approximate surface area is 108 Å². The number of halogens is 2. The van der Waals surface area contributed by atoms with Gasteiger partial charge in [0.05, 0.1) is 21.9 Å². The van der Waals surface area contributed by atoms with Gasteiger partial charge in [0.15, 0.2) is 0 Å². The smallest absolute Gasteiger partial charge is 0.142 e. The van der Waals surface area contributed by atoms with Gasteiger partial charge in [0.25, 0.3) is 0 Å². The van der Waals surface area contributed by atoms with E-state index < -0.39 is 6.04 Å². The predicted molar refractivity (Wildman–Crippen MR) is 68.1 cm³/mol. The van der Waals surface area contributed by atoms with E-state index in [4.69, 9.17) is 5.73 Å². The Hall–Kier alpha value is -1.20. The van der Waals surface area contributed by atoms with Crippen LogP contribution in [0.4, 0.5) is 4.39 Å². The SMILES string of the molecule is Cc1cc(C(N)c2cccc(Br)c2F)n(C)n1. The Bertz CT molecular complexity index is 551. The van der Waals surface area contributed by atoms with Gasteiger partial charge in [-0.05, 0) is 35.0 Å². The molecule has 17 heavy (non-hydrogen) atoms. The number of nitrogens with two attached hydrogens (primary N) is 1. The monoisotopic (exact) mass is 297 g/mol. The van der Waals surface area contributed by atoms with Crippen LogP contribution in [0.2, 0.25) is 0 Å². The van der Waals surface area contributed by atoms with Gasteiger partial charge < -0.3 is 5.73 Å². The molecule has 1 heterocycles. The van der Waals surface area contributed by atoms with E-state index >= 15 is 0 Å². The number of benzene rings is 1. The molecule has 0 fully saturated rings. The molecule has 0 aliphatic carbocycles. The maximum Gasteiger partial charge on any atom is 0.142 e. The van der Waals surface area contributed by atoms with E-state index in [1.165, 1.54) is 0 Å². The van der Waals surface area contributed by atoms with Gasteiger partial charge in [0.1, 0.15) is 5.82 Å². The second-order valence-corrected chi connectivity index (χ2v) is 4.81. The van der Waals surface area contributed by atoms with Crippen LogP contribution in [0.25, 0.3) is 0 Å². The van der Waals surface area contributed by atoms with Crippen molar-refractivity contribution < 1.29 is 4.39 Å². The number of aryl methyl sites for hydroxylation is 2. The van der Waals surface area contributed by atoms with Gasteiger partial charge in [-0.2, -0.15) is 5.10 Å². The van der Waals surface area contributed by atoms with E-state index in [-0.39, 0.29) is 5.82 Å². The first-order chi connectivity index (χ1) is 8.00. The summed E-state index contributed by atoms with van der Waals surface area (Å²) < 4.78 is 16.0. The number of hydrogen-bond acceptors (Lipinski definition) is 2. The van der Waals surface area contributed by atoms with Crippen molar-refractivity contribution in [2.75, 3.05) is 0 Å². The third kappa shape index (κ3) is 2.25. The van der Waals surface area contributed by atoms with Crippen molar-refractivity contribution >= 4 is 15.9 Å². The fourth-order valence-electron chi connectivity index (χ4n) is 1.84. The number of aromatic nitrogens is 2. The molecular weight excluding hydrogens is 285 g/mol. The lowest BCUT2D eigenvalue weighted by molar-refractivity contribution is 0.581. The highest BCUT2D eigenvalue weighted by Crippen LogP contribution is 2.26. The normalized spacial score (nSPS) is 12.8. The zero-order valence-corrected chi connectivity index (χ0v) is 11.2. The largest absolute Gasteiger partial charge is 0.319 e. The summed E-state index contributed by atoms with van der Waals surface area (Å²) in [6, 6.07) is 6.46. The van der Waals surface area contributed by atoms with Gasteiger partial charge in [-0.25, -0.2) is 4.39 Å². The molecule has 0 aliphatic heterocycles. The van der Waals surface area contributed by atoms with Crippen LogP contribution in [0.3, 0.4) is 0 Å². The van der Waals surface area contributed by atoms with Crippen molar-refractivity contribution in [2.45, 2.75) is 13.0 Å². The van der Waals surface area contributed by atoms with Crippen LogP contribution >= 0.6 is 15.9 Å². The summed E-state index contributed by atoms with van der Waals surface area (Å²) in [6.45, 7) is 1.88. The van der Waals surface area contributed by atoms with Crippen LogP contribution in [0, 0.1) is 12.7 Å². The number of rotatable bonds is 2. The van der Waals surface area contributed by atoms with Crippen molar-refractivity contribution in [3.05, 3.63) is 51.5 Å². The molecule has 0 amide bonds. The highest BCUT2D eigenvalue weighted by molar-refractivity contribution is 9.10. The number of hydrogen-bond donors (Lipinski definition) is 1. The Morgan fingerprint density at radius 3 is 2.76 bits per heavy atom. The van der Waals surface area contributed by atoms with Gasteiger partial charge in [-0.15, -0.1) is 0 Å². The molecule has 0 aliphatic rings. The molecule has 1 unspecified atom stereocenters. The van der Waals surface area contributed by atoms with E-state index in [1.54, 1.807) is 29.9 Å². The van der Waals surface area contributed by atoms with Crippen molar-refractivity contribution in [3.8, 4) is 0 Å². The van der Waals surface area contributed by atoms with Crippen molar-refractivity contribution in [2.24, 2.45) is 12.8 Å². The molecule has 5 heteroatoms. The van der Waals surface area contributed by atoms with E-state index in [0.29, 0.717) is 10.0 Å². The first-order valence-electron chi connectivity index (χ1n) is 5.20. The first kappa shape index (κ1) is 12.3. The summed E-state index contributed by atoms with van der Waals surface area (Å²) in [5.41, 5.74) is 8.20. The van der Waals surface area contributed by atoms with Crippen LogP contribution < -0.4 is 5.73 Å². The van der Waals surface area contributed by atoms with Crippen LogP contribution in [0.1, 0.15) is 23.0 Å². The minimum atomic E-state index is -0.515. The van der Waals surface area contributed by atoms with Crippen LogP contribution in [-0.2, 0) is 7.05 Å². The second-order valence-electron chi connectivity index (χ2n) is 3.95. The maximum absolute atomic E-state index is 13.9. The molecule has 3 nitrogen and oxygen atoms in total. The molecule has 1 aromatic carbocycles. The summed E-state index contributed by atoms with van der Waals surface area (Å²) in [5.74, 6) is -0.321. The summed E-state index contributed by atoms with van der Waals surface area (Å²) in [7, 11) is 1.80. The van der Waals surface area contributed by atoms with Crippen LogP contribution in [0.15, 0.2) is 28.7 Å². The fourth-order valence-corrected chi connectivity index (χ4v) is 2.22. The molecule has 0 saturated carbocycles. The molecule has 0 radical (unpaired) electrons. The Kier molecular flexibility index (Phi) is 3.31.